The molecule has 1 unspecified atom stereocenters. The van der Waals surface area contributed by atoms with E-state index < -0.39 is 0 Å². The molecule has 0 bridgehead atoms. The fraction of sp³-hybridized carbons (Fsp3) is 0.333. The third-order valence-electron chi connectivity index (χ3n) is 3.73. The fourth-order valence-corrected chi connectivity index (χ4v) is 2.35. The highest BCUT2D eigenvalue weighted by Crippen LogP contribution is 2.22. The van der Waals surface area contributed by atoms with Gasteiger partial charge in [0.2, 0.25) is 0 Å². The van der Waals surface area contributed by atoms with E-state index in [0.717, 1.165) is 12.1 Å². The Kier molecular flexibility index (Phi) is 4.58. The van der Waals surface area contributed by atoms with Crippen molar-refractivity contribution >= 4 is 0 Å². The van der Waals surface area contributed by atoms with Gasteiger partial charge in [0.05, 0.1) is 6.04 Å². The summed E-state index contributed by atoms with van der Waals surface area (Å²) in [4.78, 5) is 2.16. The van der Waals surface area contributed by atoms with Gasteiger partial charge in [0, 0.05) is 6.54 Å². The average Bonchev–Trinajstić information content (AvgIpc) is 2.41. The topological polar surface area (TPSA) is 29.3 Å². The van der Waals surface area contributed by atoms with Crippen molar-refractivity contribution in [1.82, 2.24) is 4.90 Å². The minimum atomic E-state index is -0.0530. The molecule has 20 heavy (non-hydrogen) atoms. The van der Waals surface area contributed by atoms with Crippen LogP contribution in [-0.4, -0.2) is 19.0 Å². The second-order valence-corrected chi connectivity index (χ2v) is 5.80. The van der Waals surface area contributed by atoms with Crippen LogP contribution in [0.4, 0.5) is 0 Å². The summed E-state index contributed by atoms with van der Waals surface area (Å²) in [7, 11) is 4.16. The molecule has 0 aliphatic rings. The Morgan fingerprint density at radius 2 is 1.50 bits per heavy atom. The van der Waals surface area contributed by atoms with Gasteiger partial charge in [-0.2, -0.15) is 0 Å². The first-order chi connectivity index (χ1) is 9.47. The second kappa shape index (κ2) is 6.21. The summed E-state index contributed by atoms with van der Waals surface area (Å²) in [5.74, 6) is 0. The zero-order chi connectivity index (χ0) is 14.7. The van der Waals surface area contributed by atoms with Crippen molar-refractivity contribution in [1.29, 1.82) is 0 Å². The fourth-order valence-electron chi connectivity index (χ4n) is 2.35. The molecule has 0 aliphatic heterocycles. The van der Waals surface area contributed by atoms with Gasteiger partial charge in [0.15, 0.2) is 0 Å². The molecule has 1 atom stereocenters. The lowest BCUT2D eigenvalue weighted by Gasteiger charge is -2.15. The van der Waals surface area contributed by atoms with E-state index in [9.17, 15) is 0 Å². The molecule has 0 spiro atoms. The summed E-state index contributed by atoms with van der Waals surface area (Å²) in [6.07, 6.45) is 0. The Balaban J connectivity index is 2.20. The molecule has 0 heterocycles. The molecule has 0 aliphatic carbocycles. The Morgan fingerprint density at radius 1 is 0.900 bits per heavy atom. The van der Waals surface area contributed by atoms with Crippen molar-refractivity contribution in [3.63, 3.8) is 0 Å². The zero-order valence-corrected chi connectivity index (χ0v) is 12.9. The van der Waals surface area contributed by atoms with Crippen molar-refractivity contribution in [3.8, 4) is 0 Å². The summed E-state index contributed by atoms with van der Waals surface area (Å²) >= 11 is 0. The Hall–Kier alpha value is -1.64. The molecule has 2 aromatic carbocycles. The highest BCUT2D eigenvalue weighted by Gasteiger charge is 2.09. The summed E-state index contributed by atoms with van der Waals surface area (Å²) in [5.41, 5.74) is 12.6. The van der Waals surface area contributed by atoms with Crippen LogP contribution in [0, 0.1) is 13.8 Å². The van der Waals surface area contributed by atoms with Crippen LogP contribution in [0.5, 0.6) is 0 Å². The first-order valence-corrected chi connectivity index (χ1v) is 7.03. The average molecular weight is 268 g/mol. The molecule has 2 N–H and O–H groups in total. The molecule has 0 amide bonds. The highest BCUT2D eigenvalue weighted by atomic mass is 15.0. The number of hydrogen-bond acceptors (Lipinski definition) is 2. The predicted octanol–water partition coefficient (Wildman–Crippen LogP) is 3.41. The molecule has 2 heteroatoms. The number of hydrogen-bond donors (Lipinski definition) is 1. The smallest absolute Gasteiger partial charge is 0.0551 e. The Morgan fingerprint density at radius 3 is 2.05 bits per heavy atom. The third-order valence-corrected chi connectivity index (χ3v) is 3.73. The summed E-state index contributed by atoms with van der Waals surface area (Å²) in [5, 5.41) is 0. The first kappa shape index (κ1) is 14.8. The maximum absolute atomic E-state index is 6.38. The lowest BCUT2D eigenvalue weighted by Crippen LogP contribution is -2.13. The van der Waals surface area contributed by atoms with Crippen LogP contribution in [-0.2, 0) is 6.54 Å². The molecule has 0 saturated heterocycles. The highest BCUT2D eigenvalue weighted by molar-refractivity contribution is 5.37. The molecule has 0 radical (unpaired) electrons. The number of nitrogens with zero attached hydrogens (tertiary/aromatic N) is 1. The SMILES string of the molecule is Cc1ccc(C(N)c2ccc(CN(C)C)cc2)cc1C. The number of benzene rings is 2. The standard InChI is InChI=1S/C18H24N2/c1-13-5-8-17(11-14(13)2)18(19)16-9-6-15(7-10-16)12-20(3)4/h5-11,18H,12,19H2,1-4H3. The number of nitrogens with two attached hydrogens (primary N) is 1. The van der Waals surface area contributed by atoms with Gasteiger partial charge in [0.1, 0.15) is 0 Å². The molecule has 2 aromatic rings. The maximum atomic E-state index is 6.38. The molecular formula is C18H24N2. The van der Waals surface area contributed by atoms with Crippen molar-refractivity contribution in [2.45, 2.75) is 26.4 Å². The summed E-state index contributed by atoms with van der Waals surface area (Å²) in [6.45, 7) is 5.21. The molecule has 2 nitrogen and oxygen atoms in total. The van der Waals surface area contributed by atoms with Crippen LogP contribution in [0.25, 0.3) is 0 Å². The van der Waals surface area contributed by atoms with E-state index in [1.165, 1.54) is 22.3 Å². The van der Waals surface area contributed by atoms with Gasteiger partial charge in [-0.05, 0) is 55.8 Å². The van der Waals surface area contributed by atoms with Gasteiger partial charge in [0.25, 0.3) is 0 Å². The van der Waals surface area contributed by atoms with Crippen LogP contribution < -0.4 is 5.73 Å². The Labute approximate surface area is 122 Å². The van der Waals surface area contributed by atoms with Crippen LogP contribution >= 0.6 is 0 Å². The van der Waals surface area contributed by atoms with Crippen molar-refractivity contribution in [3.05, 3.63) is 70.3 Å². The van der Waals surface area contributed by atoms with E-state index in [-0.39, 0.29) is 6.04 Å². The molecule has 0 fully saturated rings. The van der Waals surface area contributed by atoms with Gasteiger partial charge in [-0.15, -0.1) is 0 Å². The van der Waals surface area contributed by atoms with E-state index in [1.807, 2.05) is 0 Å². The van der Waals surface area contributed by atoms with Crippen LogP contribution in [0.2, 0.25) is 0 Å². The van der Waals surface area contributed by atoms with Gasteiger partial charge >= 0.3 is 0 Å². The van der Waals surface area contributed by atoms with E-state index in [4.69, 9.17) is 5.73 Å². The van der Waals surface area contributed by atoms with E-state index in [0.29, 0.717) is 0 Å². The van der Waals surface area contributed by atoms with E-state index in [2.05, 4.69) is 75.3 Å². The van der Waals surface area contributed by atoms with Gasteiger partial charge < -0.3 is 10.6 Å². The molecule has 0 aromatic heterocycles. The van der Waals surface area contributed by atoms with Crippen LogP contribution in [0.15, 0.2) is 42.5 Å². The maximum Gasteiger partial charge on any atom is 0.0551 e. The predicted molar refractivity (Wildman–Crippen MR) is 85.8 cm³/mol. The van der Waals surface area contributed by atoms with Gasteiger partial charge in [-0.25, -0.2) is 0 Å². The molecule has 0 saturated carbocycles. The van der Waals surface area contributed by atoms with Gasteiger partial charge in [-0.1, -0.05) is 42.5 Å². The zero-order valence-electron chi connectivity index (χ0n) is 12.9. The van der Waals surface area contributed by atoms with Gasteiger partial charge in [-0.3, -0.25) is 0 Å². The molecule has 2 rings (SSSR count). The number of rotatable bonds is 4. The number of aryl methyl sites for hydroxylation is 2. The minimum absolute atomic E-state index is 0.0530. The minimum Gasteiger partial charge on any atom is -0.320 e. The molecule has 106 valence electrons. The lowest BCUT2D eigenvalue weighted by molar-refractivity contribution is 0.402. The largest absolute Gasteiger partial charge is 0.320 e. The normalized spacial score (nSPS) is 12.7. The van der Waals surface area contributed by atoms with Crippen molar-refractivity contribution in [2.24, 2.45) is 5.73 Å². The summed E-state index contributed by atoms with van der Waals surface area (Å²) in [6, 6.07) is 15.0. The van der Waals surface area contributed by atoms with E-state index >= 15 is 0 Å². The lowest BCUT2D eigenvalue weighted by atomic mass is 9.96. The molecular weight excluding hydrogens is 244 g/mol. The van der Waals surface area contributed by atoms with E-state index in [1.54, 1.807) is 0 Å². The van der Waals surface area contributed by atoms with Crippen LogP contribution in [0.1, 0.15) is 33.9 Å². The second-order valence-electron chi connectivity index (χ2n) is 5.80. The van der Waals surface area contributed by atoms with Crippen molar-refractivity contribution in [2.75, 3.05) is 14.1 Å². The van der Waals surface area contributed by atoms with Crippen LogP contribution in [0.3, 0.4) is 0 Å². The summed E-state index contributed by atoms with van der Waals surface area (Å²) < 4.78 is 0. The monoisotopic (exact) mass is 268 g/mol. The first-order valence-electron chi connectivity index (χ1n) is 7.03. The van der Waals surface area contributed by atoms with Crippen molar-refractivity contribution < 1.29 is 0 Å². The Bertz CT molecular complexity index is 570. The quantitative estimate of drug-likeness (QED) is 0.920. The third kappa shape index (κ3) is 3.47.